The minimum atomic E-state index is 0. The maximum atomic E-state index is 3.52. The van der Waals surface area contributed by atoms with Crippen molar-refractivity contribution < 1.29 is 0 Å². The third-order valence-electron chi connectivity index (χ3n) is 3.40. The van der Waals surface area contributed by atoms with E-state index in [1.807, 2.05) is 11.8 Å². The standard InChI is InChI=1S/C12H15NS.ClH/c1-2-4-12-10(3-1)11-7-13-6-5-9(11)8-14-12;/h1-4,9,11,13H,5-8H2;1H/t9-,11-;/m0./s1. The van der Waals surface area contributed by atoms with Gasteiger partial charge in [-0.05, 0) is 30.5 Å². The van der Waals surface area contributed by atoms with Gasteiger partial charge in [-0.3, -0.25) is 0 Å². The summed E-state index contributed by atoms with van der Waals surface area (Å²) in [6, 6.07) is 8.91. The Hall–Kier alpha value is -0.180. The average molecular weight is 242 g/mol. The number of benzene rings is 1. The molecule has 0 spiro atoms. The Morgan fingerprint density at radius 1 is 1.27 bits per heavy atom. The number of hydrogen-bond donors (Lipinski definition) is 1. The molecule has 0 bridgehead atoms. The van der Waals surface area contributed by atoms with Crippen molar-refractivity contribution in [3.05, 3.63) is 29.8 Å². The van der Waals surface area contributed by atoms with E-state index >= 15 is 0 Å². The Kier molecular flexibility index (Phi) is 3.60. The molecule has 3 rings (SSSR count). The van der Waals surface area contributed by atoms with E-state index in [-0.39, 0.29) is 12.4 Å². The van der Waals surface area contributed by atoms with Crippen LogP contribution in [-0.2, 0) is 0 Å². The van der Waals surface area contributed by atoms with E-state index in [0.717, 1.165) is 11.8 Å². The maximum Gasteiger partial charge on any atom is 0.0107 e. The molecular weight excluding hydrogens is 226 g/mol. The molecule has 2 heterocycles. The average Bonchev–Trinajstić information content (AvgIpc) is 2.29. The number of thioether (sulfide) groups is 1. The second-order valence-electron chi connectivity index (χ2n) is 4.21. The summed E-state index contributed by atoms with van der Waals surface area (Å²) >= 11 is 2.05. The molecule has 1 N–H and O–H groups in total. The summed E-state index contributed by atoms with van der Waals surface area (Å²) < 4.78 is 0. The molecule has 0 aliphatic carbocycles. The lowest BCUT2D eigenvalue weighted by molar-refractivity contribution is 0.346. The van der Waals surface area contributed by atoms with Gasteiger partial charge in [0, 0.05) is 23.1 Å². The number of rotatable bonds is 0. The van der Waals surface area contributed by atoms with Crippen molar-refractivity contribution in [3.8, 4) is 0 Å². The van der Waals surface area contributed by atoms with Crippen molar-refractivity contribution in [1.82, 2.24) is 5.32 Å². The first-order valence-electron chi connectivity index (χ1n) is 5.37. The van der Waals surface area contributed by atoms with E-state index in [9.17, 15) is 0 Å². The fraction of sp³-hybridized carbons (Fsp3) is 0.500. The lowest BCUT2D eigenvalue weighted by atomic mass is 9.82. The SMILES string of the molecule is Cl.c1ccc2c(c1)SC[C@@H]1CCNC[C@H]21. The number of halogens is 1. The smallest absolute Gasteiger partial charge is 0.0107 e. The van der Waals surface area contributed by atoms with Crippen LogP contribution in [0.15, 0.2) is 29.2 Å². The molecule has 15 heavy (non-hydrogen) atoms. The van der Waals surface area contributed by atoms with Gasteiger partial charge in [0.2, 0.25) is 0 Å². The minimum Gasteiger partial charge on any atom is -0.316 e. The molecule has 2 aliphatic rings. The van der Waals surface area contributed by atoms with Gasteiger partial charge in [0.1, 0.15) is 0 Å². The van der Waals surface area contributed by atoms with Gasteiger partial charge in [0.15, 0.2) is 0 Å². The van der Waals surface area contributed by atoms with Gasteiger partial charge in [-0.25, -0.2) is 0 Å². The van der Waals surface area contributed by atoms with Crippen LogP contribution in [0, 0.1) is 5.92 Å². The van der Waals surface area contributed by atoms with Gasteiger partial charge in [0.05, 0.1) is 0 Å². The van der Waals surface area contributed by atoms with E-state index in [1.165, 1.54) is 30.2 Å². The predicted octanol–water partition coefficient (Wildman–Crippen LogP) is 2.91. The first kappa shape index (κ1) is 11.3. The summed E-state index contributed by atoms with van der Waals surface area (Å²) in [7, 11) is 0. The van der Waals surface area contributed by atoms with Crippen molar-refractivity contribution in [3.63, 3.8) is 0 Å². The van der Waals surface area contributed by atoms with Crippen molar-refractivity contribution in [2.24, 2.45) is 5.92 Å². The van der Waals surface area contributed by atoms with E-state index in [0.29, 0.717) is 0 Å². The van der Waals surface area contributed by atoms with Crippen molar-refractivity contribution in [2.75, 3.05) is 18.8 Å². The molecule has 2 aliphatic heterocycles. The first-order chi connectivity index (χ1) is 6.95. The monoisotopic (exact) mass is 241 g/mol. The summed E-state index contributed by atoms with van der Waals surface area (Å²) in [4.78, 5) is 1.51. The van der Waals surface area contributed by atoms with Gasteiger partial charge >= 0.3 is 0 Å². The third-order valence-corrected chi connectivity index (χ3v) is 4.67. The van der Waals surface area contributed by atoms with Gasteiger partial charge in [-0.15, -0.1) is 24.2 Å². The summed E-state index contributed by atoms with van der Waals surface area (Å²) in [5.41, 5.74) is 1.58. The molecule has 0 saturated carbocycles. The fourth-order valence-electron chi connectivity index (χ4n) is 2.59. The molecule has 0 amide bonds. The Balaban J connectivity index is 0.000000853. The topological polar surface area (TPSA) is 12.0 Å². The molecule has 1 saturated heterocycles. The quantitative estimate of drug-likeness (QED) is 0.750. The van der Waals surface area contributed by atoms with Crippen molar-refractivity contribution in [1.29, 1.82) is 0 Å². The molecule has 1 fully saturated rings. The molecule has 0 unspecified atom stereocenters. The normalized spacial score (nSPS) is 28.5. The van der Waals surface area contributed by atoms with Crippen LogP contribution in [0.2, 0.25) is 0 Å². The van der Waals surface area contributed by atoms with Crippen LogP contribution in [0.1, 0.15) is 17.9 Å². The summed E-state index contributed by atoms with van der Waals surface area (Å²) in [6.45, 7) is 2.39. The highest BCUT2D eigenvalue weighted by atomic mass is 35.5. The Bertz CT molecular complexity index is 342. The molecule has 3 heteroatoms. The third kappa shape index (κ3) is 2.03. The Labute approximate surface area is 101 Å². The van der Waals surface area contributed by atoms with Crippen LogP contribution in [0.25, 0.3) is 0 Å². The lowest BCUT2D eigenvalue weighted by Crippen LogP contribution is -2.37. The highest BCUT2D eigenvalue weighted by Gasteiger charge is 2.31. The zero-order valence-electron chi connectivity index (χ0n) is 8.61. The molecule has 1 aromatic rings. The second kappa shape index (κ2) is 4.77. The zero-order valence-corrected chi connectivity index (χ0v) is 10.2. The van der Waals surface area contributed by atoms with Gasteiger partial charge in [0.25, 0.3) is 0 Å². The summed E-state index contributed by atoms with van der Waals surface area (Å²) in [5.74, 6) is 3.01. The second-order valence-corrected chi connectivity index (χ2v) is 5.27. The van der Waals surface area contributed by atoms with Crippen molar-refractivity contribution in [2.45, 2.75) is 17.2 Å². The molecule has 2 atom stereocenters. The summed E-state index contributed by atoms with van der Waals surface area (Å²) in [5, 5.41) is 3.52. The van der Waals surface area contributed by atoms with Gasteiger partial charge < -0.3 is 5.32 Å². The summed E-state index contributed by atoms with van der Waals surface area (Å²) in [6.07, 6.45) is 1.35. The Morgan fingerprint density at radius 3 is 3.07 bits per heavy atom. The number of nitrogens with one attached hydrogen (secondary N) is 1. The molecule has 0 aromatic heterocycles. The van der Waals surface area contributed by atoms with Gasteiger partial charge in [-0.2, -0.15) is 0 Å². The number of hydrogen-bond acceptors (Lipinski definition) is 2. The van der Waals surface area contributed by atoms with Gasteiger partial charge in [-0.1, -0.05) is 18.2 Å². The maximum absolute atomic E-state index is 3.52. The van der Waals surface area contributed by atoms with Crippen LogP contribution >= 0.6 is 24.2 Å². The zero-order chi connectivity index (χ0) is 9.38. The van der Waals surface area contributed by atoms with Crippen LogP contribution in [0.5, 0.6) is 0 Å². The van der Waals surface area contributed by atoms with E-state index in [1.54, 1.807) is 5.56 Å². The van der Waals surface area contributed by atoms with Crippen LogP contribution in [0.3, 0.4) is 0 Å². The molecular formula is C12H16ClNS. The number of piperidine rings is 1. The fourth-order valence-corrected chi connectivity index (χ4v) is 3.94. The predicted molar refractivity (Wildman–Crippen MR) is 68.1 cm³/mol. The molecule has 82 valence electrons. The van der Waals surface area contributed by atoms with E-state index in [2.05, 4.69) is 29.6 Å². The minimum absolute atomic E-state index is 0. The van der Waals surface area contributed by atoms with E-state index in [4.69, 9.17) is 0 Å². The van der Waals surface area contributed by atoms with Crippen LogP contribution in [0.4, 0.5) is 0 Å². The van der Waals surface area contributed by atoms with E-state index < -0.39 is 0 Å². The highest BCUT2D eigenvalue weighted by molar-refractivity contribution is 7.99. The molecule has 1 aromatic carbocycles. The van der Waals surface area contributed by atoms with Crippen LogP contribution < -0.4 is 5.32 Å². The lowest BCUT2D eigenvalue weighted by Gasteiger charge is -2.37. The molecule has 0 radical (unpaired) electrons. The van der Waals surface area contributed by atoms with Crippen LogP contribution in [-0.4, -0.2) is 18.8 Å². The number of fused-ring (bicyclic) bond motifs is 3. The largest absolute Gasteiger partial charge is 0.316 e. The first-order valence-corrected chi connectivity index (χ1v) is 6.36. The molecule has 1 nitrogen and oxygen atoms in total. The highest BCUT2D eigenvalue weighted by Crippen LogP contribution is 2.42. The van der Waals surface area contributed by atoms with Crippen molar-refractivity contribution >= 4 is 24.2 Å². The Morgan fingerprint density at radius 2 is 2.13 bits per heavy atom.